The molecule has 1 aromatic heterocycles. The van der Waals surface area contributed by atoms with Crippen molar-refractivity contribution in [3.8, 4) is 11.4 Å². The van der Waals surface area contributed by atoms with Gasteiger partial charge >= 0.3 is 0 Å². The Morgan fingerprint density at radius 2 is 1.95 bits per heavy atom. The number of nitrogens with one attached hydrogen (secondary N) is 1. The molecule has 3 rings (SSSR count). The maximum atomic E-state index is 6.19. The Balaban J connectivity index is 1.75. The fraction of sp³-hybridized carbons (Fsp3) is 0.125. The van der Waals surface area contributed by atoms with Gasteiger partial charge in [-0.05, 0) is 36.2 Å². The van der Waals surface area contributed by atoms with Gasteiger partial charge in [0.15, 0.2) is 5.82 Å². The molecule has 0 spiro atoms. The average molecular weight is 350 g/mol. The van der Waals surface area contributed by atoms with Gasteiger partial charge in [0.05, 0.1) is 5.02 Å². The number of aromatic nitrogens is 3. The minimum absolute atomic E-state index is 0.555. The van der Waals surface area contributed by atoms with E-state index >= 15 is 0 Å². The third-order valence-electron chi connectivity index (χ3n) is 3.27. The summed E-state index contributed by atoms with van der Waals surface area (Å²) in [5.74, 6) is 1.48. The van der Waals surface area contributed by atoms with Crippen LogP contribution in [-0.4, -0.2) is 15.2 Å². The first kappa shape index (κ1) is 15.4. The highest BCUT2D eigenvalue weighted by atomic mass is 35.5. The van der Waals surface area contributed by atoms with Gasteiger partial charge in [-0.15, -0.1) is 5.10 Å². The monoisotopic (exact) mass is 349 g/mol. The molecule has 0 saturated heterocycles. The van der Waals surface area contributed by atoms with Crippen LogP contribution < -0.4 is 0 Å². The molecule has 0 saturated carbocycles. The van der Waals surface area contributed by atoms with Gasteiger partial charge in [0, 0.05) is 16.3 Å². The lowest BCUT2D eigenvalue weighted by molar-refractivity contribution is 0.973. The van der Waals surface area contributed by atoms with Gasteiger partial charge < -0.3 is 0 Å². The Kier molecular flexibility index (Phi) is 4.71. The van der Waals surface area contributed by atoms with Crippen LogP contribution in [0.1, 0.15) is 11.1 Å². The molecule has 1 N–H and O–H groups in total. The lowest BCUT2D eigenvalue weighted by Gasteiger charge is -2.02. The molecule has 112 valence electrons. The van der Waals surface area contributed by atoms with Crippen molar-refractivity contribution < 1.29 is 0 Å². The zero-order valence-corrected chi connectivity index (χ0v) is 14.1. The van der Waals surface area contributed by atoms with E-state index in [2.05, 4.69) is 34.2 Å². The number of nitrogens with zero attached hydrogens (tertiary/aromatic N) is 2. The molecule has 0 bridgehead atoms. The van der Waals surface area contributed by atoms with E-state index in [0.717, 1.165) is 11.3 Å². The molecule has 0 fully saturated rings. The summed E-state index contributed by atoms with van der Waals surface area (Å²) in [6, 6.07) is 13.6. The quantitative estimate of drug-likeness (QED) is 0.643. The highest BCUT2D eigenvalue weighted by molar-refractivity contribution is 7.98. The van der Waals surface area contributed by atoms with E-state index in [0.29, 0.717) is 21.0 Å². The summed E-state index contributed by atoms with van der Waals surface area (Å²) in [6.45, 7) is 2.10. The van der Waals surface area contributed by atoms with E-state index in [-0.39, 0.29) is 0 Å². The van der Waals surface area contributed by atoms with Crippen LogP contribution in [0.5, 0.6) is 0 Å². The molecule has 0 atom stereocenters. The van der Waals surface area contributed by atoms with Crippen molar-refractivity contribution in [2.75, 3.05) is 0 Å². The van der Waals surface area contributed by atoms with Crippen LogP contribution in [0.15, 0.2) is 47.6 Å². The second-order valence-electron chi connectivity index (χ2n) is 4.81. The third-order valence-corrected chi connectivity index (χ3v) is 4.71. The van der Waals surface area contributed by atoms with Gasteiger partial charge in [0.2, 0.25) is 5.16 Å². The molecule has 6 heteroatoms. The molecule has 0 aliphatic rings. The van der Waals surface area contributed by atoms with E-state index in [1.807, 2.05) is 18.2 Å². The van der Waals surface area contributed by atoms with Gasteiger partial charge in [0.1, 0.15) is 0 Å². The lowest BCUT2D eigenvalue weighted by Crippen LogP contribution is -1.86. The van der Waals surface area contributed by atoms with Crippen molar-refractivity contribution >= 4 is 35.0 Å². The van der Waals surface area contributed by atoms with Crippen molar-refractivity contribution in [2.24, 2.45) is 0 Å². The van der Waals surface area contributed by atoms with E-state index in [1.54, 1.807) is 23.9 Å². The summed E-state index contributed by atoms with van der Waals surface area (Å²) in [6.07, 6.45) is 0. The predicted molar refractivity (Wildman–Crippen MR) is 92.6 cm³/mol. The molecule has 3 nitrogen and oxygen atoms in total. The van der Waals surface area contributed by atoms with Crippen LogP contribution >= 0.6 is 35.0 Å². The van der Waals surface area contributed by atoms with E-state index in [4.69, 9.17) is 23.2 Å². The third kappa shape index (κ3) is 3.46. The minimum Gasteiger partial charge on any atom is -0.258 e. The van der Waals surface area contributed by atoms with Crippen molar-refractivity contribution in [1.82, 2.24) is 15.2 Å². The molecule has 1 heterocycles. The predicted octanol–water partition coefficient (Wildman–Crippen LogP) is 5.38. The largest absolute Gasteiger partial charge is 0.258 e. The van der Waals surface area contributed by atoms with Crippen LogP contribution in [0.25, 0.3) is 11.4 Å². The summed E-state index contributed by atoms with van der Waals surface area (Å²) >= 11 is 13.7. The van der Waals surface area contributed by atoms with E-state index in [9.17, 15) is 0 Å². The fourth-order valence-corrected chi connectivity index (χ4v) is 3.40. The summed E-state index contributed by atoms with van der Waals surface area (Å²) in [7, 11) is 0. The molecular weight excluding hydrogens is 337 g/mol. The smallest absolute Gasteiger partial charge is 0.209 e. The van der Waals surface area contributed by atoms with Crippen molar-refractivity contribution in [3.05, 3.63) is 63.6 Å². The van der Waals surface area contributed by atoms with Crippen LogP contribution in [0.4, 0.5) is 0 Å². The van der Waals surface area contributed by atoms with Crippen LogP contribution in [0.3, 0.4) is 0 Å². The number of rotatable bonds is 4. The summed E-state index contributed by atoms with van der Waals surface area (Å²) in [5.41, 5.74) is 3.34. The highest BCUT2D eigenvalue weighted by Gasteiger charge is 2.10. The van der Waals surface area contributed by atoms with Gasteiger partial charge in [0.25, 0.3) is 0 Å². The number of H-pyrrole nitrogens is 1. The zero-order valence-electron chi connectivity index (χ0n) is 11.8. The molecule has 0 radical (unpaired) electrons. The summed E-state index contributed by atoms with van der Waals surface area (Å²) < 4.78 is 0. The number of hydrogen-bond acceptors (Lipinski definition) is 3. The zero-order chi connectivity index (χ0) is 15.5. The Morgan fingerprint density at radius 1 is 1.14 bits per heavy atom. The van der Waals surface area contributed by atoms with Gasteiger partial charge in [-0.1, -0.05) is 59.2 Å². The van der Waals surface area contributed by atoms with Gasteiger partial charge in [-0.25, -0.2) is 4.98 Å². The Morgan fingerprint density at radius 3 is 2.73 bits per heavy atom. The first-order chi connectivity index (χ1) is 10.6. The van der Waals surface area contributed by atoms with Crippen LogP contribution in [0.2, 0.25) is 10.0 Å². The molecule has 0 unspecified atom stereocenters. The lowest BCUT2D eigenvalue weighted by atomic mass is 10.1. The molecular formula is C16H13Cl2N3S. The topological polar surface area (TPSA) is 41.6 Å². The SMILES string of the molecule is Cc1ccccc1CSc1n[nH]c(-c2ccc(Cl)cc2Cl)n1. The van der Waals surface area contributed by atoms with E-state index in [1.165, 1.54) is 11.1 Å². The number of halogens is 2. The Bertz CT molecular complexity index is 802. The number of thioether (sulfide) groups is 1. The Hall–Kier alpha value is -1.49. The maximum absolute atomic E-state index is 6.19. The normalized spacial score (nSPS) is 10.9. The van der Waals surface area contributed by atoms with Crippen molar-refractivity contribution in [1.29, 1.82) is 0 Å². The Labute approximate surface area is 143 Å². The number of aryl methyl sites for hydroxylation is 1. The first-order valence-electron chi connectivity index (χ1n) is 6.68. The average Bonchev–Trinajstić information content (AvgIpc) is 2.95. The molecule has 22 heavy (non-hydrogen) atoms. The minimum atomic E-state index is 0.555. The van der Waals surface area contributed by atoms with E-state index < -0.39 is 0 Å². The fourth-order valence-electron chi connectivity index (χ4n) is 2.03. The molecule has 0 amide bonds. The molecule has 0 aliphatic heterocycles. The van der Waals surface area contributed by atoms with Crippen LogP contribution in [-0.2, 0) is 5.75 Å². The standard InChI is InChI=1S/C16H13Cl2N3S/c1-10-4-2-3-5-11(10)9-22-16-19-15(20-21-16)13-7-6-12(17)8-14(13)18/h2-8H,9H2,1H3,(H,19,20,21). The summed E-state index contributed by atoms with van der Waals surface area (Å²) in [5, 5.41) is 9.01. The van der Waals surface area contributed by atoms with Crippen molar-refractivity contribution in [2.45, 2.75) is 17.8 Å². The summed E-state index contributed by atoms with van der Waals surface area (Å²) in [4.78, 5) is 4.48. The second kappa shape index (κ2) is 6.73. The maximum Gasteiger partial charge on any atom is 0.209 e. The highest BCUT2D eigenvalue weighted by Crippen LogP contribution is 2.29. The van der Waals surface area contributed by atoms with Crippen molar-refractivity contribution in [3.63, 3.8) is 0 Å². The van der Waals surface area contributed by atoms with Gasteiger partial charge in [-0.3, -0.25) is 5.10 Å². The number of benzene rings is 2. The number of hydrogen-bond donors (Lipinski definition) is 1. The first-order valence-corrected chi connectivity index (χ1v) is 8.43. The van der Waals surface area contributed by atoms with Gasteiger partial charge in [-0.2, -0.15) is 0 Å². The van der Waals surface area contributed by atoms with Crippen LogP contribution in [0, 0.1) is 6.92 Å². The molecule has 0 aliphatic carbocycles. The molecule has 3 aromatic rings. The number of aromatic amines is 1. The molecule has 2 aromatic carbocycles. The second-order valence-corrected chi connectivity index (χ2v) is 6.59.